The number of hydrogen-bond donors (Lipinski definition) is 4. The number of anilines is 1. The Bertz CT molecular complexity index is 2110. The van der Waals surface area contributed by atoms with E-state index in [0.717, 1.165) is 11.1 Å². The number of carbonyl (C=O) groups is 5. The molecule has 358 valence electrons. The fraction of sp³-hybridized carbons (Fsp3) is 0.643. The van der Waals surface area contributed by atoms with Crippen molar-refractivity contribution in [3.63, 3.8) is 0 Å². The van der Waals surface area contributed by atoms with E-state index < -0.39 is 91.7 Å². The lowest BCUT2D eigenvalue weighted by atomic mass is 9.83. The summed E-state index contributed by atoms with van der Waals surface area (Å²) in [5, 5.41) is 12.8. The first-order valence-electron chi connectivity index (χ1n) is 20.6. The Labute approximate surface area is 387 Å². The van der Waals surface area contributed by atoms with Gasteiger partial charge in [-0.15, -0.1) is 0 Å². The van der Waals surface area contributed by atoms with Crippen LogP contribution in [0.25, 0.3) is 0 Å². The molecular formula is C42H61ClN4O14S3. The Hall–Kier alpha value is -3.57. The summed E-state index contributed by atoms with van der Waals surface area (Å²) < 4.78 is 61.1. The summed E-state index contributed by atoms with van der Waals surface area (Å²) in [6.45, 7) is 10.6. The van der Waals surface area contributed by atoms with Gasteiger partial charge in [-0.2, -0.15) is 8.42 Å². The molecule has 4 bridgehead atoms. The molecule has 3 aliphatic heterocycles. The third-order valence-electron chi connectivity index (χ3n) is 11.9. The first-order chi connectivity index (χ1) is 29.7. The molecule has 5 N–H and O–H groups in total. The summed E-state index contributed by atoms with van der Waals surface area (Å²) in [4.78, 5) is 68.8. The van der Waals surface area contributed by atoms with Crippen molar-refractivity contribution >= 4 is 78.8 Å². The highest BCUT2D eigenvalue weighted by Gasteiger charge is 2.64. The SMILES string of the molecule is COc1cc2cc(c1Cl)N(C)C(=O)C[C@H](OC(=O)[C@H](C)N(C)C(=O)CCC(C)(C)SSCC[C@@H](C(N)=O)S(=O)(=O)O)[C@]1(C)O[C@H]1[C@H](C)[C@@H]1C[C@@](O)(NC(=O)O1)[C@H](OC)C=CC=C(C)C2. The Kier molecular flexibility index (Phi) is 17.7. The number of nitrogens with zero attached hydrogens (tertiary/aromatic N) is 2. The van der Waals surface area contributed by atoms with E-state index in [0.29, 0.717) is 24.3 Å². The molecule has 4 rings (SSSR count). The average Bonchev–Trinajstić information content (AvgIpc) is 3.91. The van der Waals surface area contributed by atoms with Gasteiger partial charge in [-0.3, -0.25) is 24.3 Å². The highest BCUT2D eigenvalue weighted by atomic mass is 35.5. The maximum atomic E-state index is 14.3. The second-order valence-corrected chi connectivity index (χ2v) is 22.4. The van der Waals surface area contributed by atoms with Crippen LogP contribution in [-0.4, -0.2) is 139 Å². The van der Waals surface area contributed by atoms with Crippen molar-refractivity contribution in [1.29, 1.82) is 0 Å². The number of aliphatic hydroxyl groups is 1. The fourth-order valence-electron chi connectivity index (χ4n) is 7.64. The number of alkyl carbamates (subject to hydrolysis) is 1. The van der Waals surface area contributed by atoms with Gasteiger partial charge in [0.15, 0.2) is 11.0 Å². The molecule has 0 saturated carbocycles. The van der Waals surface area contributed by atoms with Gasteiger partial charge in [0.2, 0.25) is 17.7 Å². The number of carbonyl (C=O) groups excluding carboxylic acids is 5. The van der Waals surface area contributed by atoms with Gasteiger partial charge in [-0.25, -0.2) is 9.59 Å². The number of hydrogen-bond acceptors (Lipinski definition) is 15. The minimum Gasteiger partial charge on any atom is -0.495 e. The number of fused-ring (bicyclic) bond motifs is 5. The molecular weight excluding hydrogens is 916 g/mol. The molecule has 18 nitrogen and oxygen atoms in total. The van der Waals surface area contributed by atoms with E-state index in [1.807, 2.05) is 26.8 Å². The molecule has 2 saturated heterocycles. The van der Waals surface area contributed by atoms with Gasteiger partial charge in [-0.05, 0) is 71.6 Å². The van der Waals surface area contributed by atoms with Crippen LogP contribution in [0.15, 0.2) is 35.9 Å². The zero-order chi connectivity index (χ0) is 48.1. The fourth-order valence-corrected chi connectivity index (χ4v) is 11.5. The normalized spacial score (nSPS) is 27.5. The first kappa shape index (κ1) is 53.0. The molecule has 2 fully saturated rings. The predicted molar refractivity (Wildman–Crippen MR) is 243 cm³/mol. The standard InChI is InChI=1S/C42H61ClN4O14S3/c1-23-12-11-13-31(58-10)42(53)22-29(59-39(52)45-42)24(2)36-41(6,61-36)32(21-34(49)47(8)27-19-26(18-23)20-28(57-9)35(27)43)60-38(51)25(3)46(7)33(48)14-16-40(4,5)63-62-17-15-30(37(44)50)64(54,55)56/h11-13,19-20,24-25,29-32,36,53H,14-18,21-22H2,1-10H3,(H2,44,50)(H,45,52)(H,54,55,56)/t24-,25+,29+,30+,31-,32+,36+,41+,42+/m1/s1. The van der Waals surface area contributed by atoms with Crippen LogP contribution in [0.3, 0.4) is 0 Å². The molecule has 0 aromatic heterocycles. The summed E-state index contributed by atoms with van der Waals surface area (Å²) in [5.74, 6) is -2.90. The molecule has 0 aliphatic carbocycles. The van der Waals surface area contributed by atoms with Gasteiger partial charge >= 0.3 is 12.1 Å². The van der Waals surface area contributed by atoms with Gasteiger partial charge in [0.1, 0.15) is 40.7 Å². The third-order valence-corrected chi connectivity index (χ3v) is 16.8. The van der Waals surface area contributed by atoms with Crippen molar-refractivity contribution in [1.82, 2.24) is 10.2 Å². The Morgan fingerprint density at radius 3 is 2.50 bits per heavy atom. The molecule has 64 heavy (non-hydrogen) atoms. The lowest BCUT2D eigenvalue weighted by Gasteiger charge is -2.42. The molecule has 1 aromatic rings. The molecule has 0 radical (unpaired) electrons. The molecule has 22 heteroatoms. The molecule has 9 atom stereocenters. The number of esters is 1. The lowest BCUT2D eigenvalue weighted by molar-refractivity contribution is -0.162. The van der Waals surface area contributed by atoms with Crippen LogP contribution < -0.4 is 20.7 Å². The summed E-state index contributed by atoms with van der Waals surface area (Å²) >= 11 is 6.79. The Balaban J connectivity index is 1.58. The number of allylic oxidation sites excluding steroid dienone is 3. The zero-order valence-electron chi connectivity index (χ0n) is 37.7. The minimum absolute atomic E-state index is 0.0242. The van der Waals surface area contributed by atoms with Crippen LogP contribution in [0, 0.1) is 5.92 Å². The van der Waals surface area contributed by atoms with Crippen molar-refractivity contribution in [2.24, 2.45) is 11.7 Å². The summed E-state index contributed by atoms with van der Waals surface area (Å²) in [6, 6.07) is 2.41. The summed E-state index contributed by atoms with van der Waals surface area (Å²) in [6.07, 6.45) is 0.596. The lowest BCUT2D eigenvalue weighted by Crippen LogP contribution is -2.63. The van der Waals surface area contributed by atoms with Crippen molar-refractivity contribution in [3.05, 3.63) is 46.5 Å². The second kappa shape index (κ2) is 21.4. The monoisotopic (exact) mass is 976 g/mol. The van der Waals surface area contributed by atoms with Crippen LogP contribution in [0.4, 0.5) is 10.5 Å². The topological polar surface area (TPSA) is 254 Å². The number of nitrogens with two attached hydrogens (primary N) is 1. The van der Waals surface area contributed by atoms with Gasteiger partial charge < -0.3 is 44.3 Å². The van der Waals surface area contributed by atoms with E-state index in [9.17, 15) is 42.0 Å². The van der Waals surface area contributed by atoms with E-state index >= 15 is 0 Å². The number of benzene rings is 1. The summed E-state index contributed by atoms with van der Waals surface area (Å²) in [5.41, 5.74) is 3.96. The number of likely N-dealkylation sites (N-methyl/N-ethyl adjacent to an activating group) is 1. The van der Waals surface area contributed by atoms with Crippen LogP contribution >= 0.6 is 33.2 Å². The molecule has 0 spiro atoms. The van der Waals surface area contributed by atoms with E-state index in [1.165, 1.54) is 59.6 Å². The van der Waals surface area contributed by atoms with Crippen molar-refractivity contribution in [2.45, 2.75) is 132 Å². The number of methoxy groups -OCH3 is 2. The Morgan fingerprint density at radius 1 is 1.22 bits per heavy atom. The van der Waals surface area contributed by atoms with E-state index in [-0.39, 0.29) is 42.4 Å². The minimum atomic E-state index is -4.64. The van der Waals surface area contributed by atoms with Crippen LogP contribution in [0.5, 0.6) is 5.75 Å². The van der Waals surface area contributed by atoms with Gasteiger partial charge in [0, 0.05) is 50.5 Å². The largest absolute Gasteiger partial charge is 0.495 e. The van der Waals surface area contributed by atoms with Gasteiger partial charge in [0.05, 0.1) is 25.3 Å². The molecule has 1 aromatic carbocycles. The Morgan fingerprint density at radius 2 is 1.89 bits per heavy atom. The molecule has 3 aliphatic rings. The number of amides is 4. The smallest absolute Gasteiger partial charge is 0.409 e. The van der Waals surface area contributed by atoms with Crippen molar-refractivity contribution < 1.29 is 65.7 Å². The predicted octanol–water partition coefficient (Wildman–Crippen LogP) is 4.59. The van der Waals surface area contributed by atoms with Crippen LogP contribution in [0.2, 0.25) is 5.02 Å². The van der Waals surface area contributed by atoms with Gasteiger partial charge in [0.25, 0.3) is 10.1 Å². The van der Waals surface area contributed by atoms with E-state index in [4.69, 9.17) is 41.0 Å². The average molecular weight is 978 g/mol. The number of halogens is 1. The second-order valence-electron chi connectivity index (χ2n) is 17.3. The molecule has 4 amide bonds. The summed E-state index contributed by atoms with van der Waals surface area (Å²) in [7, 11) is 3.86. The first-order valence-corrected chi connectivity index (χ1v) is 24.8. The zero-order valence-corrected chi connectivity index (χ0v) is 41.0. The van der Waals surface area contributed by atoms with Crippen LogP contribution in [-0.2, 0) is 54.7 Å². The van der Waals surface area contributed by atoms with Gasteiger partial charge in [-0.1, -0.05) is 63.9 Å². The highest BCUT2D eigenvalue weighted by molar-refractivity contribution is 8.77. The maximum absolute atomic E-state index is 14.3. The van der Waals surface area contributed by atoms with Crippen LogP contribution in [0.1, 0.15) is 79.2 Å². The third kappa shape index (κ3) is 13.1. The molecule has 0 unspecified atom stereocenters. The van der Waals surface area contributed by atoms with E-state index in [1.54, 1.807) is 45.2 Å². The van der Waals surface area contributed by atoms with E-state index in [2.05, 4.69) is 5.32 Å². The quantitative estimate of drug-likeness (QED) is 0.0617. The molecule has 3 heterocycles. The maximum Gasteiger partial charge on any atom is 0.409 e. The van der Waals surface area contributed by atoms with Crippen molar-refractivity contribution in [2.75, 3.05) is 39.0 Å². The number of rotatable bonds is 15. The highest BCUT2D eigenvalue weighted by Crippen LogP contribution is 2.49. The number of epoxide rings is 1. The number of primary amides is 1. The van der Waals surface area contributed by atoms with Crippen molar-refractivity contribution in [3.8, 4) is 5.75 Å². The number of nitrogens with one attached hydrogen (secondary N) is 1. The number of ether oxygens (including phenoxy) is 5.